The summed E-state index contributed by atoms with van der Waals surface area (Å²) in [6.07, 6.45) is 2.11. The largest absolute Gasteiger partial charge is 0.374 e. The average Bonchev–Trinajstić information content (AvgIpc) is 2.81. The molecule has 2 rings (SSSR count). The van der Waals surface area contributed by atoms with Gasteiger partial charge < -0.3 is 10.1 Å². The lowest BCUT2D eigenvalue weighted by Gasteiger charge is -2.37. The van der Waals surface area contributed by atoms with Gasteiger partial charge in [0.2, 0.25) is 15.9 Å². The first-order valence-electron chi connectivity index (χ1n) is 8.47. The van der Waals surface area contributed by atoms with Crippen LogP contribution >= 0.6 is 0 Å². The monoisotopic (exact) mass is 346 g/mol. The summed E-state index contributed by atoms with van der Waals surface area (Å²) in [6.45, 7) is 9.78. The zero-order valence-corrected chi connectivity index (χ0v) is 15.4. The molecule has 2 saturated heterocycles. The number of rotatable bonds is 4. The second kappa shape index (κ2) is 7.07. The third kappa shape index (κ3) is 5.43. The van der Waals surface area contributed by atoms with Crippen LogP contribution in [-0.2, 0) is 19.6 Å². The van der Waals surface area contributed by atoms with Crippen molar-refractivity contribution in [1.82, 2.24) is 10.0 Å². The molecule has 4 atom stereocenters. The van der Waals surface area contributed by atoms with Crippen LogP contribution in [0.2, 0.25) is 0 Å². The Balaban J connectivity index is 1.90. The maximum absolute atomic E-state index is 12.4. The van der Waals surface area contributed by atoms with E-state index in [1.165, 1.54) is 0 Å². The van der Waals surface area contributed by atoms with Gasteiger partial charge in [-0.1, -0.05) is 20.8 Å². The minimum absolute atomic E-state index is 0.0959. The van der Waals surface area contributed by atoms with Gasteiger partial charge in [0.1, 0.15) is 0 Å². The molecule has 7 heteroatoms. The molecule has 2 N–H and O–H groups in total. The van der Waals surface area contributed by atoms with Crippen LogP contribution in [0, 0.1) is 17.3 Å². The second-order valence-corrected chi connectivity index (χ2v) is 9.81. The van der Waals surface area contributed by atoms with Crippen molar-refractivity contribution in [3.8, 4) is 0 Å². The van der Waals surface area contributed by atoms with Crippen LogP contribution in [0.25, 0.3) is 0 Å². The fourth-order valence-electron chi connectivity index (χ4n) is 3.33. The van der Waals surface area contributed by atoms with E-state index in [1.807, 2.05) is 6.92 Å². The number of carbonyl (C=O) groups is 1. The van der Waals surface area contributed by atoms with E-state index in [9.17, 15) is 13.2 Å². The van der Waals surface area contributed by atoms with E-state index in [0.29, 0.717) is 12.5 Å². The first-order chi connectivity index (χ1) is 10.6. The standard InChI is InChI=1S/C16H30N2O4S/c1-11-5-6-14(22-11)10-23(20,21)18-15(19)12-7-13(9-17-8-12)16(2,3)4/h11-14,17H,5-10H2,1-4H3,(H,18,19)/t11?,12-,13+,14?/m0/s1. The van der Waals surface area contributed by atoms with Crippen LogP contribution < -0.4 is 10.0 Å². The average molecular weight is 346 g/mol. The van der Waals surface area contributed by atoms with E-state index in [4.69, 9.17) is 4.74 Å². The van der Waals surface area contributed by atoms with Crippen LogP contribution in [-0.4, -0.2) is 45.4 Å². The highest BCUT2D eigenvalue weighted by molar-refractivity contribution is 7.90. The molecular formula is C16H30N2O4S. The smallest absolute Gasteiger partial charge is 0.237 e. The molecule has 134 valence electrons. The first kappa shape index (κ1) is 18.7. The Morgan fingerprint density at radius 2 is 1.96 bits per heavy atom. The lowest BCUT2D eigenvalue weighted by molar-refractivity contribution is -0.124. The Morgan fingerprint density at radius 3 is 2.52 bits per heavy atom. The van der Waals surface area contributed by atoms with E-state index in [2.05, 4.69) is 30.8 Å². The lowest BCUT2D eigenvalue weighted by Crippen LogP contribution is -2.48. The molecule has 2 heterocycles. The van der Waals surface area contributed by atoms with Gasteiger partial charge in [0.25, 0.3) is 0 Å². The van der Waals surface area contributed by atoms with Gasteiger partial charge in [0.15, 0.2) is 0 Å². The van der Waals surface area contributed by atoms with E-state index in [1.54, 1.807) is 0 Å². The van der Waals surface area contributed by atoms with Crippen molar-refractivity contribution in [2.45, 2.75) is 59.2 Å². The Morgan fingerprint density at radius 1 is 1.26 bits per heavy atom. The third-order valence-electron chi connectivity index (χ3n) is 4.93. The summed E-state index contributed by atoms with van der Waals surface area (Å²) in [5, 5.41) is 3.26. The molecule has 0 aromatic rings. The lowest BCUT2D eigenvalue weighted by atomic mass is 9.74. The molecular weight excluding hydrogens is 316 g/mol. The summed E-state index contributed by atoms with van der Waals surface area (Å²) in [4.78, 5) is 12.4. The van der Waals surface area contributed by atoms with Crippen LogP contribution in [0.1, 0.15) is 47.0 Å². The molecule has 2 fully saturated rings. The van der Waals surface area contributed by atoms with E-state index < -0.39 is 15.9 Å². The molecule has 0 bridgehead atoms. The molecule has 6 nitrogen and oxygen atoms in total. The third-order valence-corrected chi connectivity index (χ3v) is 6.25. The van der Waals surface area contributed by atoms with E-state index in [0.717, 1.165) is 25.8 Å². The number of piperidine rings is 1. The predicted octanol–water partition coefficient (Wildman–Crippen LogP) is 1.27. The Hall–Kier alpha value is -0.660. The molecule has 0 saturated carbocycles. The topological polar surface area (TPSA) is 84.5 Å². The summed E-state index contributed by atoms with van der Waals surface area (Å²) in [6, 6.07) is 0. The Labute approximate surface area is 139 Å². The molecule has 2 unspecified atom stereocenters. The SMILES string of the molecule is CC1CCC(CS(=O)(=O)NC(=O)[C@@H]2CNC[C@H](C(C)(C)C)C2)O1. The summed E-state index contributed by atoms with van der Waals surface area (Å²) in [5.41, 5.74) is 0.0959. The van der Waals surface area contributed by atoms with Crippen molar-refractivity contribution in [3.05, 3.63) is 0 Å². The van der Waals surface area contributed by atoms with Gasteiger partial charge in [-0.25, -0.2) is 8.42 Å². The number of hydrogen-bond donors (Lipinski definition) is 2. The Kier molecular flexibility index (Phi) is 5.74. The molecule has 23 heavy (non-hydrogen) atoms. The summed E-state index contributed by atoms with van der Waals surface area (Å²) < 4.78 is 32.2. The van der Waals surface area contributed by atoms with Crippen LogP contribution in [0.15, 0.2) is 0 Å². The maximum Gasteiger partial charge on any atom is 0.237 e. The highest BCUT2D eigenvalue weighted by Gasteiger charge is 2.35. The van der Waals surface area contributed by atoms with Crippen LogP contribution in [0.3, 0.4) is 0 Å². The number of nitrogens with one attached hydrogen (secondary N) is 2. The predicted molar refractivity (Wildman–Crippen MR) is 89.4 cm³/mol. The highest BCUT2D eigenvalue weighted by Crippen LogP contribution is 2.33. The van der Waals surface area contributed by atoms with E-state index in [-0.39, 0.29) is 29.3 Å². The molecule has 2 aliphatic rings. The fourth-order valence-corrected chi connectivity index (χ4v) is 4.62. The quantitative estimate of drug-likeness (QED) is 0.801. The summed E-state index contributed by atoms with van der Waals surface area (Å²) in [7, 11) is -3.64. The highest BCUT2D eigenvalue weighted by atomic mass is 32.2. The van der Waals surface area contributed by atoms with Gasteiger partial charge in [-0.2, -0.15) is 0 Å². The van der Waals surface area contributed by atoms with Crippen molar-refractivity contribution >= 4 is 15.9 Å². The number of sulfonamides is 1. The van der Waals surface area contributed by atoms with Crippen molar-refractivity contribution in [3.63, 3.8) is 0 Å². The van der Waals surface area contributed by atoms with Gasteiger partial charge in [-0.3, -0.25) is 9.52 Å². The molecule has 1 amide bonds. The van der Waals surface area contributed by atoms with E-state index >= 15 is 0 Å². The zero-order chi connectivity index (χ0) is 17.3. The summed E-state index contributed by atoms with van der Waals surface area (Å²) in [5.74, 6) is -0.469. The maximum atomic E-state index is 12.4. The van der Waals surface area contributed by atoms with Gasteiger partial charge >= 0.3 is 0 Å². The zero-order valence-electron chi connectivity index (χ0n) is 14.6. The molecule has 0 aliphatic carbocycles. The van der Waals surface area contributed by atoms with Gasteiger partial charge in [-0.15, -0.1) is 0 Å². The van der Waals surface area contributed by atoms with Crippen LogP contribution in [0.5, 0.6) is 0 Å². The molecule has 0 spiro atoms. The van der Waals surface area contributed by atoms with Gasteiger partial charge in [0.05, 0.1) is 23.9 Å². The number of carbonyl (C=O) groups excluding carboxylic acids is 1. The number of amides is 1. The van der Waals surface area contributed by atoms with Crippen LogP contribution in [0.4, 0.5) is 0 Å². The second-order valence-electron chi connectivity index (χ2n) is 8.05. The minimum atomic E-state index is -3.64. The molecule has 0 aromatic carbocycles. The fraction of sp³-hybridized carbons (Fsp3) is 0.938. The van der Waals surface area contributed by atoms with Gasteiger partial charge in [-0.05, 0) is 44.1 Å². The molecule has 0 radical (unpaired) electrons. The number of ether oxygens (including phenoxy) is 1. The minimum Gasteiger partial charge on any atom is -0.374 e. The summed E-state index contributed by atoms with van der Waals surface area (Å²) >= 11 is 0. The van der Waals surface area contributed by atoms with Crippen molar-refractivity contribution < 1.29 is 17.9 Å². The van der Waals surface area contributed by atoms with Crippen molar-refractivity contribution in [2.24, 2.45) is 17.3 Å². The molecule has 2 aliphatic heterocycles. The van der Waals surface area contributed by atoms with Gasteiger partial charge in [0, 0.05) is 6.54 Å². The normalized spacial score (nSPS) is 32.7. The Bertz CT molecular complexity index is 527. The first-order valence-corrected chi connectivity index (χ1v) is 10.1. The number of hydrogen-bond acceptors (Lipinski definition) is 5. The molecule has 0 aromatic heterocycles. The van der Waals surface area contributed by atoms with Crippen molar-refractivity contribution in [2.75, 3.05) is 18.8 Å². The van der Waals surface area contributed by atoms with Crippen molar-refractivity contribution in [1.29, 1.82) is 0 Å².